The molecule has 3 rings (SSSR count). The molecule has 0 amide bonds. The molecule has 0 aliphatic carbocycles. The van der Waals surface area contributed by atoms with Gasteiger partial charge in [-0.15, -0.1) is 0 Å². The summed E-state index contributed by atoms with van der Waals surface area (Å²) in [4.78, 5) is 14.6. The fourth-order valence-electron chi connectivity index (χ4n) is 3.65. The molecule has 0 saturated carbocycles. The van der Waals surface area contributed by atoms with Gasteiger partial charge in [0.05, 0.1) is 17.0 Å². The monoisotopic (exact) mass is 485 g/mol. The van der Waals surface area contributed by atoms with Crippen LogP contribution in [0.1, 0.15) is 34.1 Å². The first kappa shape index (κ1) is 23.9. The molecule has 0 aliphatic heterocycles. The van der Waals surface area contributed by atoms with Crippen LogP contribution in [0, 0.1) is 0 Å². The number of carboxylic acid groups (broad SMARTS) is 1. The van der Waals surface area contributed by atoms with Gasteiger partial charge in [0.1, 0.15) is 5.69 Å². The van der Waals surface area contributed by atoms with Crippen LogP contribution in [-0.4, -0.2) is 30.7 Å². The Labute approximate surface area is 187 Å². The molecule has 0 radical (unpaired) electrons. The van der Waals surface area contributed by atoms with Crippen LogP contribution in [0.3, 0.4) is 0 Å². The number of carbonyl (C=O) groups is 1. The number of hydrogen-bond acceptors (Lipinski definition) is 3. The van der Waals surface area contributed by atoms with Gasteiger partial charge in [0.25, 0.3) is 0 Å². The van der Waals surface area contributed by atoms with E-state index >= 15 is 0 Å². The van der Waals surface area contributed by atoms with Gasteiger partial charge in [-0.3, -0.25) is 0 Å². The molecule has 0 atom stereocenters. The molecule has 0 fully saturated rings. The van der Waals surface area contributed by atoms with Crippen molar-refractivity contribution >= 4 is 27.4 Å². The molecule has 0 unspecified atom stereocenters. The van der Waals surface area contributed by atoms with Crippen LogP contribution >= 0.6 is 11.6 Å². The minimum absolute atomic E-state index is 0.0594. The highest BCUT2D eigenvalue weighted by Gasteiger charge is 2.35. The van der Waals surface area contributed by atoms with Gasteiger partial charge in [0.2, 0.25) is 0 Å². The van der Waals surface area contributed by atoms with Gasteiger partial charge >= 0.3 is 12.1 Å². The van der Waals surface area contributed by atoms with E-state index < -0.39 is 27.5 Å². The molecular weight excluding hydrogens is 467 g/mol. The summed E-state index contributed by atoms with van der Waals surface area (Å²) in [6.45, 7) is 1.71. The first-order valence-corrected chi connectivity index (χ1v) is 11.9. The molecule has 2 N–H and O–H groups in total. The highest BCUT2D eigenvalue weighted by molar-refractivity contribution is 7.89. The minimum atomic E-state index is -4.63. The van der Waals surface area contributed by atoms with Crippen LogP contribution in [0.15, 0.2) is 42.5 Å². The molecule has 5 nitrogen and oxygen atoms in total. The Morgan fingerprint density at radius 2 is 1.81 bits per heavy atom. The quantitative estimate of drug-likeness (QED) is 0.460. The van der Waals surface area contributed by atoms with Crippen molar-refractivity contribution in [2.45, 2.75) is 25.3 Å². The largest absolute Gasteiger partial charge is 0.477 e. The third-order valence-electron chi connectivity index (χ3n) is 4.93. The molecule has 0 aliphatic rings. The lowest BCUT2D eigenvalue weighted by Gasteiger charge is -2.13. The summed E-state index contributed by atoms with van der Waals surface area (Å²) in [5.41, 5.74) is 0.0154. The Kier molecular flexibility index (Phi) is 6.44. The Balaban J connectivity index is 2.27. The highest BCUT2D eigenvalue weighted by atomic mass is 35.5. The zero-order valence-corrected chi connectivity index (χ0v) is 18.6. The number of aromatic nitrogens is 1. The Hall–Kier alpha value is -2.78. The summed E-state index contributed by atoms with van der Waals surface area (Å²) in [5.74, 6) is -1.64. The van der Waals surface area contributed by atoms with Crippen molar-refractivity contribution in [2.75, 3.05) is 6.26 Å². The Morgan fingerprint density at radius 3 is 2.34 bits per heavy atom. The molecule has 2 aromatic carbocycles. The lowest BCUT2D eigenvalue weighted by Crippen LogP contribution is -2.07. The van der Waals surface area contributed by atoms with E-state index in [1.807, 2.05) is 0 Å². The van der Waals surface area contributed by atoms with Crippen LogP contribution in [0.5, 0.6) is 0 Å². The third-order valence-corrected chi connectivity index (χ3v) is 6.12. The standard InChI is InChI=1S/C22H19ClF3NO4S/c1-3-14-18(12-8-9-13(17(23)10-12)11-32(2,30)31)20(21(28)29)27-19(14)15-6-4-5-7-16(15)22(24,25)26/h4-10,27H,3,11H2,1-2H3,(H,28,29). The fraction of sp³-hybridized carbons (Fsp3) is 0.227. The minimum Gasteiger partial charge on any atom is -0.477 e. The third kappa shape index (κ3) is 4.83. The second kappa shape index (κ2) is 8.63. The predicted molar refractivity (Wildman–Crippen MR) is 117 cm³/mol. The lowest BCUT2D eigenvalue weighted by atomic mass is 9.94. The number of benzene rings is 2. The second-order valence-electron chi connectivity index (χ2n) is 7.31. The summed E-state index contributed by atoms with van der Waals surface area (Å²) < 4.78 is 64.0. The second-order valence-corrected chi connectivity index (χ2v) is 9.85. The molecule has 0 saturated heterocycles. The van der Waals surface area contributed by atoms with E-state index in [0.29, 0.717) is 16.7 Å². The number of nitrogens with one attached hydrogen (secondary N) is 1. The van der Waals surface area contributed by atoms with Gasteiger partial charge in [-0.2, -0.15) is 13.2 Å². The van der Waals surface area contributed by atoms with Crippen molar-refractivity contribution in [3.05, 3.63) is 69.9 Å². The van der Waals surface area contributed by atoms with Crippen molar-refractivity contribution in [1.82, 2.24) is 4.98 Å². The van der Waals surface area contributed by atoms with Gasteiger partial charge in [0.15, 0.2) is 9.84 Å². The summed E-state index contributed by atoms with van der Waals surface area (Å²) in [5, 5.41) is 9.86. The Morgan fingerprint density at radius 1 is 1.16 bits per heavy atom. The number of carboxylic acids is 1. The SMILES string of the molecule is CCc1c(-c2ccccc2C(F)(F)F)[nH]c(C(=O)O)c1-c1ccc(CS(C)(=O)=O)c(Cl)c1. The first-order valence-electron chi connectivity index (χ1n) is 9.44. The van der Waals surface area contributed by atoms with Gasteiger partial charge < -0.3 is 10.1 Å². The molecule has 1 aromatic heterocycles. The zero-order chi connectivity index (χ0) is 23.8. The van der Waals surface area contributed by atoms with E-state index in [4.69, 9.17) is 11.6 Å². The molecule has 32 heavy (non-hydrogen) atoms. The highest BCUT2D eigenvalue weighted by Crippen LogP contribution is 2.42. The van der Waals surface area contributed by atoms with Crippen LogP contribution in [0.4, 0.5) is 13.2 Å². The summed E-state index contributed by atoms with van der Waals surface area (Å²) in [7, 11) is -3.35. The number of H-pyrrole nitrogens is 1. The van der Waals surface area contributed by atoms with Gasteiger partial charge in [-0.25, -0.2) is 13.2 Å². The summed E-state index contributed by atoms with van der Waals surface area (Å²) in [6.07, 6.45) is -3.33. The van der Waals surface area contributed by atoms with Gasteiger partial charge in [0, 0.05) is 22.4 Å². The first-order chi connectivity index (χ1) is 14.8. The molecule has 10 heteroatoms. The van der Waals surface area contributed by atoms with E-state index in [9.17, 15) is 31.5 Å². The van der Waals surface area contributed by atoms with Gasteiger partial charge in [-0.05, 0) is 35.2 Å². The molecule has 3 aromatic rings. The normalized spacial score (nSPS) is 12.2. The summed E-state index contributed by atoms with van der Waals surface area (Å²) in [6, 6.07) is 9.34. The lowest BCUT2D eigenvalue weighted by molar-refractivity contribution is -0.137. The number of sulfone groups is 1. The van der Waals surface area contributed by atoms with Crippen molar-refractivity contribution in [3.8, 4) is 22.4 Å². The Bertz CT molecular complexity index is 1300. The topological polar surface area (TPSA) is 87.2 Å². The van der Waals surface area contributed by atoms with Crippen molar-refractivity contribution in [3.63, 3.8) is 0 Å². The van der Waals surface area contributed by atoms with E-state index in [-0.39, 0.29) is 39.7 Å². The zero-order valence-electron chi connectivity index (χ0n) is 17.0. The van der Waals surface area contributed by atoms with E-state index in [2.05, 4.69) is 4.98 Å². The maximum absolute atomic E-state index is 13.6. The van der Waals surface area contributed by atoms with Gasteiger partial charge in [-0.1, -0.05) is 48.9 Å². The number of rotatable bonds is 6. The van der Waals surface area contributed by atoms with E-state index in [0.717, 1.165) is 12.3 Å². The summed E-state index contributed by atoms with van der Waals surface area (Å²) >= 11 is 6.25. The predicted octanol–water partition coefficient (Wildman–Crippen LogP) is 5.83. The maximum atomic E-state index is 13.6. The number of hydrogen-bond donors (Lipinski definition) is 2. The average molecular weight is 486 g/mol. The molecule has 0 bridgehead atoms. The van der Waals surface area contributed by atoms with Crippen molar-refractivity contribution in [2.24, 2.45) is 0 Å². The number of halogens is 4. The van der Waals surface area contributed by atoms with E-state index in [1.165, 1.54) is 36.4 Å². The van der Waals surface area contributed by atoms with Crippen LogP contribution < -0.4 is 0 Å². The molecular formula is C22H19ClF3NO4S. The number of aromatic amines is 1. The van der Waals surface area contributed by atoms with Crippen LogP contribution in [-0.2, 0) is 28.2 Å². The number of alkyl halides is 3. The maximum Gasteiger partial charge on any atom is 0.417 e. The average Bonchev–Trinajstić information content (AvgIpc) is 3.07. The molecule has 1 heterocycles. The fourth-order valence-corrected chi connectivity index (χ4v) is 4.80. The van der Waals surface area contributed by atoms with Crippen molar-refractivity contribution < 1.29 is 31.5 Å². The van der Waals surface area contributed by atoms with Crippen LogP contribution in [0.25, 0.3) is 22.4 Å². The molecule has 170 valence electrons. The smallest absolute Gasteiger partial charge is 0.417 e. The van der Waals surface area contributed by atoms with Crippen LogP contribution in [0.2, 0.25) is 5.02 Å². The van der Waals surface area contributed by atoms with Crippen molar-refractivity contribution in [1.29, 1.82) is 0 Å². The van der Waals surface area contributed by atoms with E-state index in [1.54, 1.807) is 6.92 Å². The molecule has 0 spiro atoms. The number of aromatic carboxylic acids is 1.